The quantitative estimate of drug-likeness (QED) is 0.279. The van der Waals surface area contributed by atoms with Gasteiger partial charge in [-0.3, -0.25) is 0 Å². The van der Waals surface area contributed by atoms with E-state index in [1.54, 1.807) is 0 Å². The Bertz CT molecular complexity index is 124. The molecule has 0 heterocycles. The summed E-state index contributed by atoms with van der Waals surface area (Å²) in [6.07, 6.45) is -0.872. The largest absolute Gasteiger partial charge is 0.508 e. The number of carbonyl (C=O) groups excluding carboxylic acids is 1. The Labute approximate surface area is 105 Å². The van der Waals surface area contributed by atoms with Crippen molar-refractivity contribution in [2.24, 2.45) is 0 Å². The highest BCUT2D eigenvalue weighted by atomic mass is 16.7. The van der Waals surface area contributed by atoms with Crippen LogP contribution in [0.1, 0.15) is 0 Å². The van der Waals surface area contributed by atoms with E-state index in [-0.39, 0.29) is 52.9 Å². The van der Waals surface area contributed by atoms with Crippen molar-refractivity contribution in [3.05, 3.63) is 0 Å². The third kappa shape index (κ3) is 36.3. The second-order valence-electron chi connectivity index (χ2n) is 2.29. The van der Waals surface area contributed by atoms with E-state index in [1.165, 1.54) is 0 Å². The lowest BCUT2D eigenvalue weighted by Crippen LogP contribution is -2.12. The lowest BCUT2D eigenvalue weighted by molar-refractivity contribution is 0.0338. The number of rotatable bonds is 6. The molecule has 0 radical (unpaired) electrons. The summed E-state index contributed by atoms with van der Waals surface area (Å²) in [5, 5.41) is 46.8. The minimum Gasteiger partial charge on any atom is -0.432 e. The molecule has 0 amide bonds. The molecular formula is C9H22O9. The summed E-state index contributed by atoms with van der Waals surface area (Å²) < 4.78 is 8.54. The fourth-order valence-electron chi connectivity index (χ4n) is 0.300. The van der Waals surface area contributed by atoms with Crippen LogP contribution < -0.4 is 0 Å². The Kier molecular flexibility index (Phi) is 30.9. The zero-order valence-electron chi connectivity index (χ0n) is 10.1. The van der Waals surface area contributed by atoms with E-state index in [4.69, 9.17) is 30.6 Å². The average Bonchev–Trinajstić information content (AvgIpc) is 2.43. The fourth-order valence-corrected chi connectivity index (χ4v) is 0.300. The molecule has 0 aromatic rings. The molecule has 0 aliphatic rings. The number of hydrogen-bond acceptors (Lipinski definition) is 9. The highest BCUT2D eigenvalue weighted by Crippen LogP contribution is 1.82. The van der Waals surface area contributed by atoms with Crippen LogP contribution in [0.2, 0.25) is 0 Å². The van der Waals surface area contributed by atoms with Crippen LogP contribution >= 0.6 is 0 Å². The van der Waals surface area contributed by atoms with Crippen LogP contribution in [0.15, 0.2) is 0 Å². The minimum absolute atomic E-state index is 0.0791. The lowest BCUT2D eigenvalue weighted by Gasteiger charge is -2.01. The summed E-state index contributed by atoms with van der Waals surface area (Å²) in [5.74, 6) is 0. The molecule has 0 bridgehead atoms. The zero-order valence-corrected chi connectivity index (χ0v) is 10.1. The zero-order chi connectivity index (χ0) is 14.6. The number of aliphatic hydroxyl groups is 6. The van der Waals surface area contributed by atoms with E-state index in [2.05, 4.69) is 9.47 Å². The highest BCUT2D eigenvalue weighted by Gasteiger charge is 2.00. The monoisotopic (exact) mass is 274 g/mol. The van der Waals surface area contributed by atoms with E-state index in [1.807, 2.05) is 0 Å². The molecule has 0 aromatic carbocycles. The summed E-state index contributed by atoms with van der Waals surface area (Å²) in [7, 11) is 0. The Morgan fingerprint density at radius 3 is 1.06 bits per heavy atom. The van der Waals surface area contributed by atoms with Crippen molar-refractivity contribution in [1.82, 2.24) is 0 Å². The van der Waals surface area contributed by atoms with Crippen molar-refractivity contribution < 1.29 is 44.9 Å². The molecule has 0 saturated carbocycles. The predicted molar refractivity (Wildman–Crippen MR) is 59.8 cm³/mol. The molecule has 0 aliphatic carbocycles. The van der Waals surface area contributed by atoms with Gasteiger partial charge in [-0.2, -0.15) is 0 Å². The number of aliphatic hydroxyl groups excluding tert-OH is 6. The molecular weight excluding hydrogens is 252 g/mol. The molecule has 112 valence electrons. The van der Waals surface area contributed by atoms with Gasteiger partial charge < -0.3 is 40.1 Å². The minimum atomic E-state index is -0.872. The highest BCUT2D eigenvalue weighted by molar-refractivity contribution is 5.59. The van der Waals surface area contributed by atoms with E-state index >= 15 is 0 Å². The molecule has 0 atom stereocenters. The molecule has 9 nitrogen and oxygen atoms in total. The standard InChI is InChI=1S/C5H10O5.2C2H6O2/c6-1-3-9-5(8)10-4-2-7;2*3-1-2-4/h6-7H,1-4H2;2*3-4H,1-2H2. The summed E-state index contributed by atoms with van der Waals surface area (Å²) in [6, 6.07) is 0. The molecule has 18 heavy (non-hydrogen) atoms. The number of hydrogen-bond donors (Lipinski definition) is 6. The van der Waals surface area contributed by atoms with Gasteiger partial charge in [-0.15, -0.1) is 0 Å². The second-order valence-corrected chi connectivity index (χ2v) is 2.29. The van der Waals surface area contributed by atoms with E-state index < -0.39 is 6.16 Å². The van der Waals surface area contributed by atoms with E-state index in [0.717, 1.165) is 0 Å². The van der Waals surface area contributed by atoms with Gasteiger partial charge in [0.2, 0.25) is 0 Å². The first-order valence-corrected chi connectivity index (χ1v) is 5.09. The predicted octanol–water partition coefficient (Wildman–Crippen LogP) is -2.93. The van der Waals surface area contributed by atoms with Gasteiger partial charge in [0.25, 0.3) is 0 Å². The summed E-state index contributed by atoms with van der Waals surface area (Å²) in [4.78, 5) is 10.3. The first-order valence-electron chi connectivity index (χ1n) is 5.09. The van der Waals surface area contributed by atoms with Gasteiger partial charge in [-0.05, 0) is 0 Å². The third-order valence-electron chi connectivity index (χ3n) is 0.822. The smallest absolute Gasteiger partial charge is 0.432 e. The molecule has 0 rings (SSSR count). The Hall–Kier alpha value is -0.970. The second kappa shape index (κ2) is 25.0. The van der Waals surface area contributed by atoms with Gasteiger partial charge in [0, 0.05) is 0 Å². The molecule has 0 aliphatic heterocycles. The topological polar surface area (TPSA) is 157 Å². The van der Waals surface area contributed by atoms with Crippen LogP contribution in [-0.2, 0) is 9.47 Å². The van der Waals surface area contributed by atoms with E-state index in [9.17, 15) is 4.79 Å². The van der Waals surface area contributed by atoms with Crippen LogP contribution in [-0.4, -0.2) is 89.6 Å². The van der Waals surface area contributed by atoms with Gasteiger partial charge >= 0.3 is 6.16 Å². The van der Waals surface area contributed by atoms with Crippen molar-refractivity contribution in [2.75, 3.05) is 52.9 Å². The average molecular weight is 274 g/mol. The maximum atomic E-state index is 10.3. The van der Waals surface area contributed by atoms with Crippen LogP contribution in [0.4, 0.5) is 4.79 Å². The van der Waals surface area contributed by atoms with Gasteiger partial charge in [0.05, 0.1) is 39.6 Å². The maximum absolute atomic E-state index is 10.3. The van der Waals surface area contributed by atoms with Gasteiger partial charge in [0.1, 0.15) is 13.2 Å². The molecule has 0 spiro atoms. The van der Waals surface area contributed by atoms with Gasteiger partial charge in [0.15, 0.2) is 0 Å². The van der Waals surface area contributed by atoms with E-state index in [0.29, 0.717) is 0 Å². The number of ether oxygens (including phenoxy) is 2. The Morgan fingerprint density at radius 2 is 0.889 bits per heavy atom. The molecule has 0 unspecified atom stereocenters. The molecule has 9 heteroatoms. The van der Waals surface area contributed by atoms with Crippen molar-refractivity contribution >= 4 is 6.16 Å². The molecule has 0 aromatic heterocycles. The summed E-state index contributed by atoms with van der Waals surface area (Å²) >= 11 is 0. The summed E-state index contributed by atoms with van der Waals surface area (Å²) in [6.45, 7) is -1.11. The Morgan fingerprint density at radius 1 is 0.611 bits per heavy atom. The van der Waals surface area contributed by atoms with Gasteiger partial charge in [-0.1, -0.05) is 0 Å². The molecule has 6 N–H and O–H groups in total. The van der Waals surface area contributed by atoms with Crippen molar-refractivity contribution in [3.8, 4) is 0 Å². The molecule has 0 fully saturated rings. The molecule has 0 saturated heterocycles. The maximum Gasteiger partial charge on any atom is 0.508 e. The number of carbonyl (C=O) groups is 1. The van der Waals surface area contributed by atoms with Crippen molar-refractivity contribution in [1.29, 1.82) is 0 Å². The van der Waals surface area contributed by atoms with Crippen LogP contribution in [0.3, 0.4) is 0 Å². The first kappa shape index (κ1) is 22.2. The van der Waals surface area contributed by atoms with Crippen LogP contribution in [0.25, 0.3) is 0 Å². The lowest BCUT2D eigenvalue weighted by atomic mass is 10.8. The van der Waals surface area contributed by atoms with Gasteiger partial charge in [-0.25, -0.2) is 4.79 Å². The Balaban J connectivity index is -0.000000233. The van der Waals surface area contributed by atoms with Crippen molar-refractivity contribution in [2.45, 2.75) is 0 Å². The summed E-state index contributed by atoms with van der Waals surface area (Å²) in [5.41, 5.74) is 0. The fraction of sp³-hybridized carbons (Fsp3) is 0.889. The third-order valence-corrected chi connectivity index (χ3v) is 0.822. The van der Waals surface area contributed by atoms with Crippen molar-refractivity contribution in [3.63, 3.8) is 0 Å². The van der Waals surface area contributed by atoms with Crippen LogP contribution in [0, 0.1) is 0 Å². The normalized spacial score (nSPS) is 8.33. The van der Waals surface area contributed by atoms with Crippen LogP contribution in [0.5, 0.6) is 0 Å². The first-order chi connectivity index (χ1) is 8.64. The SMILES string of the molecule is O=C(OCCO)OCCO.OCCO.OCCO.